The third-order valence-electron chi connectivity index (χ3n) is 4.21. The third-order valence-corrected chi connectivity index (χ3v) is 5.69. The highest BCUT2D eigenvalue weighted by Crippen LogP contribution is 2.23. The van der Waals surface area contributed by atoms with E-state index in [4.69, 9.17) is 4.74 Å². The fourth-order valence-corrected chi connectivity index (χ4v) is 3.33. The van der Waals surface area contributed by atoms with E-state index >= 15 is 0 Å². The summed E-state index contributed by atoms with van der Waals surface area (Å²) in [5.41, 5.74) is 0.655. The van der Waals surface area contributed by atoms with Gasteiger partial charge < -0.3 is 14.2 Å². The summed E-state index contributed by atoms with van der Waals surface area (Å²) in [6, 6.07) is 2.43. The van der Waals surface area contributed by atoms with Crippen LogP contribution in [0.25, 0.3) is 10.9 Å². The van der Waals surface area contributed by atoms with Crippen LogP contribution in [-0.4, -0.2) is 51.3 Å². The number of ether oxygens (including phenoxy) is 1. The molecular formula is C18H23FN4O3S. The molecular weight excluding hydrogens is 371 g/mol. The van der Waals surface area contributed by atoms with Gasteiger partial charge in [-0.05, 0) is 39.8 Å². The molecule has 0 aliphatic carbocycles. The molecule has 1 atom stereocenters. The monoisotopic (exact) mass is 394 g/mol. The molecule has 1 aliphatic heterocycles. The normalized spacial score (nSPS) is 17.4. The minimum Gasteiger partial charge on any atom is -0.591 e. The number of rotatable bonds is 3. The second-order valence-electron chi connectivity index (χ2n) is 7.38. The summed E-state index contributed by atoms with van der Waals surface area (Å²) in [6.45, 7) is 9.37. The first kappa shape index (κ1) is 19.8. The highest BCUT2D eigenvalue weighted by Gasteiger charge is 2.27. The lowest BCUT2D eigenvalue weighted by atomic mass is 10.1. The zero-order chi connectivity index (χ0) is 19.8. The highest BCUT2D eigenvalue weighted by atomic mass is 32.2. The highest BCUT2D eigenvalue weighted by molar-refractivity contribution is 7.91. The van der Waals surface area contributed by atoms with Gasteiger partial charge in [-0.1, -0.05) is 4.40 Å². The number of benzene rings is 1. The van der Waals surface area contributed by atoms with Crippen molar-refractivity contribution in [2.24, 2.45) is 4.40 Å². The molecule has 1 fully saturated rings. The van der Waals surface area contributed by atoms with Gasteiger partial charge in [-0.15, -0.1) is 0 Å². The molecule has 3 rings (SSSR count). The Bertz CT molecular complexity index is 933. The number of morpholine rings is 1. The van der Waals surface area contributed by atoms with Crippen molar-refractivity contribution in [3.63, 3.8) is 0 Å². The number of anilines is 1. The van der Waals surface area contributed by atoms with E-state index in [1.165, 1.54) is 6.07 Å². The summed E-state index contributed by atoms with van der Waals surface area (Å²) in [5.74, 6) is -0.159. The summed E-state index contributed by atoms with van der Waals surface area (Å²) in [7, 11) is 0. The van der Waals surface area contributed by atoms with Crippen LogP contribution in [0.15, 0.2) is 21.3 Å². The largest absolute Gasteiger partial charge is 0.591 e. The smallest absolute Gasteiger partial charge is 0.260 e. The molecule has 146 valence electrons. The Morgan fingerprint density at radius 1 is 1.37 bits per heavy atom. The Balaban J connectivity index is 2.15. The first-order valence-corrected chi connectivity index (χ1v) is 9.81. The first-order chi connectivity index (χ1) is 12.7. The van der Waals surface area contributed by atoms with Crippen LogP contribution in [0.1, 0.15) is 33.3 Å². The molecule has 0 spiro atoms. The van der Waals surface area contributed by atoms with E-state index < -0.39 is 27.5 Å². The van der Waals surface area contributed by atoms with Crippen LogP contribution >= 0.6 is 0 Å². The molecule has 0 bridgehead atoms. The maximum Gasteiger partial charge on any atom is 0.260 e. The van der Waals surface area contributed by atoms with Gasteiger partial charge in [0.2, 0.25) is 5.95 Å². The predicted molar refractivity (Wildman–Crippen MR) is 105 cm³/mol. The number of halogens is 1. The summed E-state index contributed by atoms with van der Waals surface area (Å²) < 4.78 is 35.5. The van der Waals surface area contributed by atoms with E-state index in [-0.39, 0.29) is 5.39 Å². The summed E-state index contributed by atoms with van der Waals surface area (Å²) in [5, 5.41) is 0.137. The van der Waals surface area contributed by atoms with Crippen LogP contribution < -0.4 is 10.5 Å². The van der Waals surface area contributed by atoms with Crippen molar-refractivity contribution in [2.45, 2.75) is 32.4 Å². The Hall–Kier alpha value is -1.97. The Morgan fingerprint density at radius 2 is 2.04 bits per heavy atom. The topological polar surface area (TPSA) is 93.6 Å². The fraction of sp³-hybridized carbons (Fsp3) is 0.500. The van der Waals surface area contributed by atoms with Crippen molar-refractivity contribution >= 4 is 33.9 Å². The third kappa shape index (κ3) is 4.31. The molecule has 0 saturated carbocycles. The van der Waals surface area contributed by atoms with E-state index in [0.29, 0.717) is 49.0 Å². The first-order valence-electron chi connectivity index (χ1n) is 8.71. The number of H-pyrrole nitrogens is 1. The van der Waals surface area contributed by atoms with E-state index in [9.17, 15) is 13.7 Å². The summed E-state index contributed by atoms with van der Waals surface area (Å²) in [4.78, 5) is 21.7. The predicted octanol–water partition coefficient (Wildman–Crippen LogP) is 2.17. The molecule has 1 aromatic carbocycles. The van der Waals surface area contributed by atoms with Gasteiger partial charge in [0.1, 0.15) is 21.9 Å². The van der Waals surface area contributed by atoms with Crippen molar-refractivity contribution in [1.82, 2.24) is 9.97 Å². The molecule has 27 heavy (non-hydrogen) atoms. The van der Waals surface area contributed by atoms with Gasteiger partial charge in [-0.3, -0.25) is 9.78 Å². The zero-order valence-electron chi connectivity index (χ0n) is 15.8. The van der Waals surface area contributed by atoms with Crippen LogP contribution in [0, 0.1) is 5.82 Å². The lowest BCUT2D eigenvalue weighted by Crippen LogP contribution is -2.38. The molecule has 2 heterocycles. The van der Waals surface area contributed by atoms with Crippen LogP contribution in [0.3, 0.4) is 0 Å². The molecule has 1 aromatic heterocycles. The van der Waals surface area contributed by atoms with E-state index in [0.717, 1.165) is 6.07 Å². The van der Waals surface area contributed by atoms with Gasteiger partial charge in [-0.25, -0.2) is 9.37 Å². The maximum atomic E-state index is 14.1. The van der Waals surface area contributed by atoms with Gasteiger partial charge in [0, 0.05) is 18.7 Å². The van der Waals surface area contributed by atoms with Crippen LogP contribution in [-0.2, 0) is 16.1 Å². The maximum absolute atomic E-state index is 14.1. The van der Waals surface area contributed by atoms with Crippen LogP contribution in [0.4, 0.5) is 10.3 Å². The minimum absolute atomic E-state index is 0.137. The standard InChI is InChI=1S/C18H23FN4O3S/c1-11(22-27(25)18(2,3)4)13-9-12(19)10-14-15(13)20-17(21-16(14)24)23-5-7-26-8-6-23/h9-10H,5-8H2,1-4H3,(H,20,21,24)/t27-/m1/s1. The van der Waals surface area contributed by atoms with Crippen LogP contribution in [0.5, 0.6) is 0 Å². The lowest BCUT2D eigenvalue weighted by Gasteiger charge is -2.27. The van der Waals surface area contributed by atoms with Gasteiger partial charge >= 0.3 is 0 Å². The van der Waals surface area contributed by atoms with Gasteiger partial charge in [0.15, 0.2) is 0 Å². The van der Waals surface area contributed by atoms with E-state index in [1.807, 2.05) is 25.7 Å². The molecule has 0 radical (unpaired) electrons. The molecule has 1 saturated heterocycles. The zero-order valence-corrected chi connectivity index (χ0v) is 16.7. The molecule has 7 nitrogen and oxygen atoms in total. The number of hydrogen-bond acceptors (Lipinski definition) is 6. The summed E-state index contributed by atoms with van der Waals surface area (Å²) >= 11 is -1.51. The molecule has 9 heteroatoms. The van der Waals surface area contributed by atoms with Crippen molar-refractivity contribution in [1.29, 1.82) is 0 Å². The van der Waals surface area contributed by atoms with Crippen molar-refractivity contribution in [2.75, 3.05) is 31.2 Å². The van der Waals surface area contributed by atoms with Gasteiger partial charge in [0.25, 0.3) is 5.56 Å². The molecule has 2 aromatic rings. The van der Waals surface area contributed by atoms with Crippen molar-refractivity contribution < 1.29 is 13.7 Å². The number of nitrogens with one attached hydrogen (secondary N) is 1. The second kappa shape index (κ2) is 7.57. The Morgan fingerprint density at radius 3 is 2.67 bits per heavy atom. The van der Waals surface area contributed by atoms with Gasteiger partial charge in [-0.2, -0.15) is 0 Å². The average Bonchev–Trinajstić information content (AvgIpc) is 2.61. The summed E-state index contributed by atoms with van der Waals surface area (Å²) in [6.07, 6.45) is 0. The number of fused-ring (bicyclic) bond motifs is 1. The lowest BCUT2D eigenvalue weighted by molar-refractivity contribution is 0.122. The van der Waals surface area contributed by atoms with E-state index in [1.54, 1.807) is 6.92 Å². The van der Waals surface area contributed by atoms with Crippen LogP contribution in [0.2, 0.25) is 0 Å². The quantitative estimate of drug-likeness (QED) is 0.636. The Kier molecular flexibility index (Phi) is 5.55. The number of aromatic amines is 1. The Labute approximate surface area is 160 Å². The van der Waals surface area contributed by atoms with Gasteiger partial charge in [0.05, 0.1) is 29.8 Å². The van der Waals surface area contributed by atoms with Crippen molar-refractivity contribution in [3.8, 4) is 0 Å². The second-order valence-corrected chi connectivity index (χ2v) is 9.28. The number of nitrogens with zero attached hydrogens (tertiary/aromatic N) is 3. The molecule has 1 N–H and O–H groups in total. The minimum atomic E-state index is -1.51. The fourth-order valence-electron chi connectivity index (χ4n) is 2.71. The van der Waals surface area contributed by atoms with E-state index in [2.05, 4.69) is 14.4 Å². The number of hydrogen-bond donors (Lipinski definition) is 1. The SMILES string of the molecule is CC(=N[S@+]([O-])C(C)(C)C)c1cc(F)cc2c(=O)[nH]c(N3CCOCC3)nc12. The van der Waals surface area contributed by atoms with Crippen molar-refractivity contribution in [3.05, 3.63) is 33.9 Å². The molecule has 1 aliphatic rings. The molecule has 0 unspecified atom stereocenters. The molecule has 0 amide bonds. The number of aromatic nitrogens is 2. The average molecular weight is 394 g/mol.